The van der Waals surface area contributed by atoms with Crippen LogP contribution < -0.4 is 5.43 Å². The molecule has 5 heteroatoms. The maximum absolute atomic E-state index is 13.5. The second kappa shape index (κ2) is 3.91. The second-order valence-corrected chi connectivity index (χ2v) is 3.82. The molecule has 0 fully saturated rings. The highest BCUT2D eigenvalue weighted by Crippen LogP contribution is 2.21. The molecule has 0 radical (unpaired) electrons. The number of aromatic amines is 1. The summed E-state index contributed by atoms with van der Waals surface area (Å²) in [6.45, 7) is 3.29. The highest BCUT2D eigenvalue weighted by molar-refractivity contribution is 5.80. The topological polar surface area (TPSA) is 32.9 Å². The van der Waals surface area contributed by atoms with Crippen LogP contribution in [0, 0.1) is 24.4 Å². The maximum Gasteiger partial charge on any atom is 0.195 e. The van der Waals surface area contributed by atoms with E-state index in [2.05, 4.69) is 4.98 Å². The van der Waals surface area contributed by atoms with Gasteiger partial charge in [-0.1, -0.05) is 6.92 Å². The third-order valence-corrected chi connectivity index (χ3v) is 2.82. The molecular weight excluding hydrogens is 231 g/mol. The lowest BCUT2D eigenvalue weighted by molar-refractivity contribution is 0.503. The molecule has 0 aliphatic carbocycles. The quantitative estimate of drug-likeness (QED) is 0.765. The van der Waals surface area contributed by atoms with E-state index in [4.69, 9.17) is 0 Å². The third-order valence-electron chi connectivity index (χ3n) is 2.82. The molecule has 0 saturated heterocycles. The highest BCUT2D eigenvalue weighted by atomic mass is 19.2. The van der Waals surface area contributed by atoms with Crippen molar-refractivity contribution in [1.82, 2.24) is 4.98 Å². The maximum atomic E-state index is 13.5. The lowest BCUT2D eigenvalue weighted by atomic mass is 10.1. The smallest absolute Gasteiger partial charge is 0.195 e. The van der Waals surface area contributed by atoms with E-state index in [0.29, 0.717) is 23.7 Å². The van der Waals surface area contributed by atoms with E-state index >= 15 is 0 Å². The van der Waals surface area contributed by atoms with Gasteiger partial charge in [-0.15, -0.1) is 0 Å². The Morgan fingerprint density at radius 3 is 2.47 bits per heavy atom. The Kier molecular flexibility index (Phi) is 2.69. The number of fused-ring (bicyclic) bond motifs is 1. The molecule has 90 valence electrons. The van der Waals surface area contributed by atoms with Crippen LogP contribution in [0.2, 0.25) is 0 Å². The number of halogens is 3. The Bertz CT molecular complexity index is 661. The number of pyridine rings is 1. The van der Waals surface area contributed by atoms with Crippen molar-refractivity contribution in [2.75, 3.05) is 0 Å². The van der Waals surface area contributed by atoms with Gasteiger partial charge in [-0.2, -0.15) is 0 Å². The highest BCUT2D eigenvalue weighted by Gasteiger charge is 2.17. The fourth-order valence-corrected chi connectivity index (χ4v) is 1.86. The zero-order valence-corrected chi connectivity index (χ0v) is 9.33. The summed E-state index contributed by atoms with van der Waals surface area (Å²) < 4.78 is 40.0. The Morgan fingerprint density at radius 2 is 1.88 bits per heavy atom. The number of hydrogen-bond donors (Lipinski definition) is 1. The van der Waals surface area contributed by atoms with Crippen molar-refractivity contribution < 1.29 is 13.2 Å². The number of hydrogen-bond acceptors (Lipinski definition) is 1. The lowest BCUT2D eigenvalue weighted by Crippen LogP contribution is -2.14. The molecule has 0 spiro atoms. The van der Waals surface area contributed by atoms with Gasteiger partial charge < -0.3 is 4.98 Å². The summed E-state index contributed by atoms with van der Waals surface area (Å²) in [5.41, 5.74) is -0.210. The molecule has 2 nitrogen and oxygen atoms in total. The summed E-state index contributed by atoms with van der Waals surface area (Å²) >= 11 is 0. The van der Waals surface area contributed by atoms with Crippen LogP contribution in [0.5, 0.6) is 0 Å². The van der Waals surface area contributed by atoms with Gasteiger partial charge in [0.2, 0.25) is 0 Å². The van der Waals surface area contributed by atoms with Gasteiger partial charge in [-0.25, -0.2) is 13.2 Å². The number of aromatic nitrogens is 1. The molecule has 0 saturated carbocycles. The van der Waals surface area contributed by atoms with Gasteiger partial charge in [0.1, 0.15) is 5.82 Å². The van der Waals surface area contributed by atoms with Gasteiger partial charge in [0.15, 0.2) is 17.1 Å². The summed E-state index contributed by atoms with van der Waals surface area (Å²) in [6, 6.07) is 0.387. The number of rotatable bonds is 1. The van der Waals surface area contributed by atoms with Gasteiger partial charge in [0, 0.05) is 17.3 Å². The molecule has 0 bridgehead atoms. The van der Waals surface area contributed by atoms with Gasteiger partial charge in [0.05, 0.1) is 10.9 Å². The van der Waals surface area contributed by atoms with Gasteiger partial charge in [-0.3, -0.25) is 4.79 Å². The standard InChI is InChI=1S/C12H10F3NO/c1-3-8-5(2)12(17)9-6(13)4-7(14)10(15)11(9)16-8/h4H,3H2,1-2H3,(H,16,17). The fraction of sp³-hybridized carbons (Fsp3) is 0.250. The molecule has 0 unspecified atom stereocenters. The van der Waals surface area contributed by atoms with Crippen molar-refractivity contribution >= 4 is 10.9 Å². The number of benzene rings is 1. The Morgan fingerprint density at radius 1 is 1.24 bits per heavy atom. The molecule has 0 amide bonds. The zero-order chi connectivity index (χ0) is 12.7. The van der Waals surface area contributed by atoms with Crippen molar-refractivity contribution in [2.24, 2.45) is 0 Å². The minimum absolute atomic E-state index is 0.324. The number of aryl methyl sites for hydroxylation is 1. The van der Waals surface area contributed by atoms with Crippen LogP contribution in [0.25, 0.3) is 10.9 Å². The van der Waals surface area contributed by atoms with Crippen LogP contribution in [0.3, 0.4) is 0 Å². The first-order chi connectivity index (χ1) is 7.97. The van der Waals surface area contributed by atoms with Crippen LogP contribution in [-0.4, -0.2) is 4.98 Å². The van der Waals surface area contributed by atoms with E-state index in [9.17, 15) is 18.0 Å². The number of H-pyrrole nitrogens is 1. The van der Waals surface area contributed by atoms with E-state index in [0.717, 1.165) is 0 Å². The van der Waals surface area contributed by atoms with Crippen LogP contribution in [0.15, 0.2) is 10.9 Å². The van der Waals surface area contributed by atoms with E-state index in [1.54, 1.807) is 6.92 Å². The van der Waals surface area contributed by atoms with E-state index < -0.39 is 33.8 Å². The summed E-state index contributed by atoms with van der Waals surface area (Å²) in [7, 11) is 0. The monoisotopic (exact) mass is 241 g/mol. The molecule has 0 aliphatic rings. The molecule has 1 aromatic heterocycles. The molecule has 1 aromatic carbocycles. The molecule has 1 N–H and O–H groups in total. The lowest BCUT2D eigenvalue weighted by Gasteiger charge is -2.08. The molecule has 17 heavy (non-hydrogen) atoms. The predicted molar refractivity (Wildman–Crippen MR) is 58.6 cm³/mol. The number of nitrogens with one attached hydrogen (secondary N) is 1. The largest absolute Gasteiger partial charge is 0.355 e. The first-order valence-corrected chi connectivity index (χ1v) is 5.16. The Balaban J connectivity index is 3.07. The van der Waals surface area contributed by atoms with Gasteiger partial charge >= 0.3 is 0 Å². The van der Waals surface area contributed by atoms with Crippen molar-refractivity contribution in [3.05, 3.63) is 45.0 Å². The average Bonchev–Trinajstić information content (AvgIpc) is 2.29. The predicted octanol–water partition coefficient (Wildman–Crippen LogP) is 2.82. The first kappa shape index (κ1) is 11.7. The normalized spacial score (nSPS) is 11.1. The molecular formula is C12H10F3NO. The SMILES string of the molecule is CCc1[nH]c2c(F)c(F)cc(F)c2c(=O)c1C. The fourth-order valence-electron chi connectivity index (χ4n) is 1.86. The van der Waals surface area contributed by atoms with Crippen LogP contribution in [0.4, 0.5) is 13.2 Å². The summed E-state index contributed by atoms with van der Waals surface area (Å²) in [5, 5.41) is -0.432. The van der Waals surface area contributed by atoms with Gasteiger partial charge in [0.25, 0.3) is 0 Å². The van der Waals surface area contributed by atoms with E-state index in [1.807, 2.05) is 0 Å². The van der Waals surface area contributed by atoms with Gasteiger partial charge in [-0.05, 0) is 13.3 Å². The molecule has 2 aromatic rings. The minimum Gasteiger partial charge on any atom is -0.355 e. The Labute approximate surface area is 95.1 Å². The van der Waals surface area contributed by atoms with Crippen LogP contribution in [0.1, 0.15) is 18.2 Å². The summed E-state index contributed by atoms with van der Waals surface area (Å²) in [4.78, 5) is 14.4. The molecule has 0 aliphatic heterocycles. The van der Waals surface area contributed by atoms with Crippen molar-refractivity contribution in [3.63, 3.8) is 0 Å². The van der Waals surface area contributed by atoms with Crippen LogP contribution in [-0.2, 0) is 6.42 Å². The zero-order valence-electron chi connectivity index (χ0n) is 9.33. The molecule has 2 rings (SSSR count). The van der Waals surface area contributed by atoms with E-state index in [-0.39, 0.29) is 0 Å². The molecule has 1 heterocycles. The van der Waals surface area contributed by atoms with Crippen molar-refractivity contribution in [1.29, 1.82) is 0 Å². The average molecular weight is 241 g/mol. The minimum atomic E-state index is -1.31. The van der Waals surface area contributed by atoms with Crippen LogP contribution >= 0.6 is 0 Å². The van der Waals surface area contributed by atoms with Crippen molar-refractivity contribution in [2.45, 2.75) is 20.3 Å². The summed E-state index contributed by atoms with van der Waals surface area (Å²) in [6.07, 6.45) is 0.453. The second-order valence-electron chi connectivity index (χ2n) is 3.82. The Hall–Kier alpha value is -1.78. The summed E-state index contributed by atoms with van der Waals surface area (Å²) in [5.74, 6) is -3.59. The third kappa shape index (κ3) is 1.62. The first-order valence-electron chi connectivity index (χ1n) is 5.16. The molecule has 0 atom stereocenters. The van der Waals surface area contributed by atoms with E-state index in [1.165, 1.54) is 6.92 Å². The van der Waals surface area contributed by atoms with Crippen molar-refractivity contribution in [3.8, 4) is 0 Å².